The zero-order valence-electron chi connectivity index (χ0n) is 35.3. The normalized spacial score (nSPS) is 14.1. The number of nitrogens with zero attached hydrogens (tertiary/aromatic N) is 3. The van der Waals surface area contributed by atoms with Gasteiger partial charge in [0.1, 0.15) is 0 Å². The van der Waals surface area contributed by atoms with Crippen molar-refractivity contribution >= 4 is 53.3 Å². The lowest BCUT2D eigenvalue weighted by molar-refractivity contribution is 1.17. The van der Waals surface area contributed by atoms with E-state index in [9.17, 15) is 5.48 Å². The van der Waals surface area contributed by atoms with Crippen molar-refractivity contribution in [3.63, 3.8) is 0 Å². The molecule has 0 N–H and O–H groups in total. The molecule has 0 aliphatic carbocycles. The van der Waals surface area contributed by atoms with Gasteiger partial charge in [0.25, 0.3) is 0 Å². The molecule has 10 aromatic rings. The largest absolute Gasteiger partial charge is 0.309 e. The van der Waals surface area contributed by atoms with Crippen LogP contribution in [-0.2, 0) is 0 Å². The maximum Gasteiger partial charge on any atom is 0.160 e. The topological polar surface area (TPSA) is 30.7 Å². The molecule has 50 heavy (non-hydrogen) atoms. The highest BCUT2D eigenvalue weighted by Crippen LogP contribution is 2.44. The molecule has 0 radical (unpaired) electrons. The first kappa shape index (κ1) is 20.9. The Kier molecular flexibility index (Phi) is 4.87. The summed E-state index contributed by atoms with van der Waals surface area (Å²) in [5, 5.41) is 2.02. The number of aromatic nitrogens is 3. The summed E-state index contributed by atoms with van der Waals surface area (Å²) in [5.41, 5.74) is 3.87. The van der Waals surface area contributed by atoms with Crippen LogP contribution in [0.15, 0.2) is 176 Å². The van der Waals surface area contributed by atoms with Crippen molar-refractivity contribution in [2.45, 2.75) is 0 Å². The van der Waals surface area contributed by atoms with Crippen LogP contribution in [0.5, 0.6) is 0 Å². The zero-order chi connectivity index (χ0) is 40.9. The quantitative estimate of drug-likeness (QED) is 0.183. The van der Waals surface area contributed by atoms with Crippen molar-refractivity contribution < 1.29 is 12.3 Å². The molecule has 10 rings (SSSR count). The van der Waals surface area contributed by atoms with Gasteiger partial charge in [0.2, 0.25) is 0 Å². The van der Waals surface area contributed by atoms with Crippen molar-refractivity contribution in [2.75, 3.05) is 0 Å². The summed E-state index contributed by atoms with van der Waals surface area (Å²) < 4.78 is 86.3. The molecular weight excluding hydrogens is 627 g/mol. The molecule has 3 aromatic heterocycles. The van der Waals surface area contributed by atoms with Crippen molar-refractivity contribution in [2.24, 2.45) is 0 Å². The maximum atomic E-state index is 10.2. The fourth-order valence-electron chi connectivity index (χ4n) is 6.63. The van der Waals surface area contributed by atoms with Gasteiger partial charge in [-0.2, -0.15) is 0 Å². The predicted molar refractivity (Wildman–Crippen MR) is 211 cm³/mol. The molecule has 0 atom stereocenters. The minimum atomic E-state index is -0.469. The highest BCUT2D eigenvalue weighted by atomic mass is 32.1. The Morgan fingerprint density at radius 2 is 1.14 bits per heavy atom. The molecule has 3 heterocycles. The highest BCUT2D eigenvalue weighted by Gasteiger charge is 2.20. The summed E-state index contributed by atoms with van der Waals surface area (Å²) in [6.07, 6.45) is 0. The molecule has 0 aliphatic heterocycles. The first-order valence-electron chi connectivity index (χ1n) is 20.6. The molecule has 0 spiro atoms. The van der Waals surface area contributed by atoms with Crippen LogP contribution in [0.1, 0.15) is 12.3 Å². The smallest absolute Gasteiger partial charge is 0.160 e. The maximum absolute atomic E-state index is 10.2. The molecule has 3 nitrogen and oxygen atoms in total. The SMILES string of the molecule is [2H]c1cc([2H])c2sc3c(-c4c([2H])c(-c5cc(-c6ccccc6)nc(-c6ccccc6)n5)c([2H])c([2H])c4-n4c5ccccc5c5ccccc54)c([2H])c([2H])c([2H])c3c2c1[2H]. The van der Waals surface area contributed by atoms with Crippen LogP contribution < -0.4 is 0 Å². The van der Waals surface area contributed by atoms with E-state index in [1.54, 1.807) is 6.07 Å². The number of benzene rings is 7. The van der Waals surface area contributed by atoms with Gasteiger partial charge in [-0.05, 0) is 36.3 Å². The summed E-state index contributed by atoms with van der Waals surface area (Å²) in [7, 11) is 0. The van der Waals surface area contributed by atoms with E-state index in [4.69, 9.17) is 16.8 Å². The molecular formula is C46H29N3S. The molecule has 0 fully saturated rings. The van der Waals surface area contributed by atoms with Gasteiger partial charge >= 0.3 is 0 Å². The van der Waals surface area contributed by atoms with Gasteiger partial charge < -0.3 is 4.57 Å². The van der Waals surface area contributed by atoms with E-state index in [1.165, 1.54) is 6.07 Å². The van der Waals surface area contributed by atoms with Gasteiger partial charge in [-0.25, -0.2) is 9.97 Å². The Hall–Kier alpha value is -6.36. The summed E-state index contributed by atoms with van der Waals surface area (Å²) in [5.74, 6) is 0.345. The summed E-state index contributed by atoms with van der Waals surface area (Å²) in [6, 6.07) is 34.7. The summed E-state index contributed by atoms with van der Waals surface area (Å²) in [4.78, 5) is 9.85. The zero-order valence-corrected chi connectivity index (χ0v) is 27.1. The molecule has 0 saturated heterocycles. The second kappa shape index (κ2) is 11.7. The van der Waals surface area contributed by atoms with Crippen LogP contribution in [-0.4, -0.2) is 14.5 Å². The van der Waals surface area contributed by atoms with Crippen molar-refractivity contribution in [1.82, 2.24) is 14.5 Å². The number of para-hydroxylation sites is 2. The van der Waals surface area contributed by atoms with Gasteiger partial charge in [0, 0.05) is 58.8 Å². The van der Waals surface area contributed by atoms with Gasteiger partial charge in [0.15, 0.2) is 5.82 Å². The lowest BCUT2D eigenvalue weighted by Crippen LogP contribution is -1.99. The third-order valence-electron chi connectivity index (χ3n) is 8.91. The second-order valence-corrected chi connectivity index (χ2v) is 12.9. The number of hydrogen-bond donors (Lipinski definition) is 0. The average Bonchev–Trinajstić information content (AvgIpc) is 3.82. The minimum absolute atomic E-state index is 0.0113. The lowest BCUT2D eigenvalue weighted by Gasteiger charge is -2.17. The average molecular weight is 665 g/mol. The summed E-state index contributed by atoms with van der Waals surface area (Å²) in [6.45, 7) is 0. The van der Waals surface area contributed by atoms with E-state index in [1.807, 2.05) is 114 Å². The first-order valence-corrected chi connectivity index (χ1v) is 16.9. The van der Waals surface area contributed by atoms with Gasteiger partial charge in [-0.1, -0.05) is 139 Å². The molecule has 4 heteroatoms. The number of fused-ring (bicyclic) bond motifs is 6. The minimum Gasteiger partial charge on any atom is -0.309 e. The second-order valence-electron chi connectivity index (χ2n) is 11.9. The summed E-state index contributed by atoms with van der Waals surface area (Å²) >= 11 is 1.06. The standard InChI is InChI=1S/C46H29N3S/c1-3-14-30(15-4-1)39-29-40(48-46(47-39)31-16-5-2-6-17-31)32-26-27-43(49-41-23-10-7-18-33(41)34-19-8-11-24-42(34)49)38(28-32)37-22-13-21-36-35-20-9-12-25-44(35)50-45(36)37/h1-29H/i9D,13D,20D,21D,22D,25D,26D,27D,28D. The molecule has 0 amide bonds. The molecule has 7 aromatic carbocycles. The van der Waals surface area contributed by atoms with Crippen LogP contribution in [0, 0.1) is 0 Å². The van der Waals surface area contributed by atoms with E-state index in [0.717, 1.165) is 27.7 Å². The Morgan fingerprint density at radius 3 is 1.88 bits per heavy atom. The van der Waals surface area contributed by atoms with Gasteiger partial charge in [-0.3, -0.25) is 0 Å². The predicted octanol–water partition coefficient (Wildman–Crippen LogP) is 12.6. The third kappa shape index (κ3) is 4.65. The molecule has 0 saturated carbocycles. The van der Waals surface area contributed by atoms with E-state index >= 15 is 0 Å². The van der Waals surface area contributed by atoms with Crippen LogP contribution >= 0.6 is 11.3 Å². The fourth-order valence-corrected chi connectivity index (χ4v) is 7.72. The molecule has 0 bridgehead atoms. The van der Waals surface area contributed by atoms with E-state index in [-0.39, 0.29) is 91.9 Å². The van der Waals surface area contributed by atoms with Gasteiger partial charge in [0.05, 0.1) is 40.4 Å². The van der Waals surface area contributed by atoms with Crippen molar-refractivity contribution in [3.8, 4) is 50.7 Å². The van der Waals surface area contributed by atoms with E-state index in [2.05, 4.69) is 0 Å². The van der Waals surface area contributed by atoms with Gasteiger partial charge in [-0.15, -0.1) is 11.3 Å². The number of thiophene rings is 1. The van der Waals surface area contributed by atoms with Crippen LogP contribution in [0.3, 0.4) is 0 Å². The van der Waals surface area contributed by atoms with Crippen molar-refractivity contribution in [3.05, 3.63) is 176 Å². The molecule has 0 aliphatic rings. The van der Waals surface area contributed by atoms with Crippen LogP contribution in [0.4, 0.5) is 0 Å². The first-order chi connectivity index (χ1) is 28.5. The lowest BCUT2D eigenvalue weighted by atomic mass is 9.97. The Bertz CT molecular complexity index is 3270. The third-order valence-corrected chi connectivity index (χ3v) is 10.1. The molecule has 234 valence electrons. The Balaban J connectivity index is 1.41. The number of rotatable bonds is 5. The van der Waals surface area contributed by atoms with Crippen molar-refractivity contribution in [1.29, 1.82) is 0 Å². The van der Waals surface area contributed by atoms with Crippen LogP contribution in [0.2, 0.25) is 0 Å². The number of hydrogen-bond acceptors (Lipinski definition) is 3. The van der Waals surface area contributed by atoms with Crippen LogP contribution in [0.25, 0.3) is 92.7 Å². The van der Waals surface area contributed by atoms with E-state index < -0.39 is 6.04 Å². The Labute approximate surface area is 306 Å². The fraction of sp³-hybridized carbons (Fsp3) is 0. The highest BCUT2D eigenvalue weighted by molar-refractivity contribution is 7.26. The van der Waals surface area contributed by atoms with E-state index in [0.29, 0.717) is 32.8 Å². The monoisotopic (exact) mass is 664 g/mol. The Morgan fingerprint density at radius 1 is 0.500 bits per heavy atom. The molecule has 0 unspecified atom stereocenters.